The molecule has 0 atom stereocenters. The second kappa shape index (κ2) is 3.71. The maximum Gasteiger partial charge on any atom is 0.180 e. The zero-order chi connectivity index (χ0) is 9.80. The molecule has 0 radical (unpaired) electrons. The van der Waals surface area contributed by atoms with E-state index >= 15 is 0 Å². The van der Waals surface area contributed by atoms with Gasteiger partial charge in [-0.15, -0.1) is 6.42 Å². The summed E-state index contributed by atoms with van der Waals surface area (Å²) in [5.74, 6) is 3.20. The van der Waals surface area contributed by atoms with Crippen molar-refractivity contribution in [3.05, 3.63) is 24.5 Å². The van der Waals surface area contributed by atoms with Gasteiger partial charge in [-0.2, -0.15) is 0 Å². The highest BCUT2D eigenvalue weighted by molar-refractivity contribution is 5.71. The molecule has 0 fully saturated rings. The molecule has 2 aromatic rings. The lowest BCUT2D eigenvalue weighted by Crippen LogP contribution is -2.01. The highest BCUT2D eigenvalue weighted by Gasteiger charge is 1.97. The van der Waals surface area contributed by atoms with E-state index in [1.165, 1.54) is 0 Å². The Morgan fingerprint density at radius 3 is 3.00 bits per heavy atom. The second-order valence-electron chi connectivity index (χ2n) is 2.65. The number of nitrogens with zero attached hydrogens (tertiary/aromatic N) is 3. The van der Waals surface area contributed by atoms with Crippen LogP contribution >= 0.6 is 0 Å². The van der Waals surface area contributed by atoms with Crippen molar-refractivity contribution in [3.63, 3.8) is 0 Å². The van der Waals surface area contributed by atoms with Gasteiger partial charge in [0.05, 0.1) is 6.54 Å². The molecule has 0 amide bonds. The van der Waals surface area contributed by atoms with Gasteiger partial charge in [-0.05, 0) is 12.1 Å². The number of fused-ring (bicyclic) bond motifs is 1. The minimum atomic E-state index is 0.457. The van der Waals surface area contributed by atoms with Gasteiger partial charge in [-0.25, -0.2) is 9.97 Å². The number of hydrogen-bond donors (Lipinski definition) is 1. The van der Waals surface area contributed by atoms with Crippen LogP contribution in [0.4, 0.5) is 5.82 Å². The van der Waals surface area contributed by atoms with E-state index in [0.717, 1.165) is 11.3 Å². The maximum absolute atomic E-state index is 5.12. The summed E-state index contributed by atoms with van der Waals surface area (Å²) in [6.07, 6.45) is 8.37. The zero-order valence-corrected chi connectivity index (χ0v) is 7.44. The van der Waals surface area contributed by atoms with E-state index < -0.39 is 0 Å². The van der Waals surface area contributed by atoms with Crippen molar-refractivity contribution < 1.29 is 0 Å². The van der Waals surface area contributed by atoms with E-state index in [1.807, 2.05) is 12.1 Å². The summed E-state index contributed by atoms with van der Waals surface area (Å²) in [4.78, 5) is 12.4. The van der Waals surface area contributed by atoms with Gasteiger partial charge in [0.15, 0.2) is 5.65 Å². The number of nitrogens with one attached hydrogen (secondary N) is 1. The summed E-state index contributed by atoms with van der Waals surface area (Å²) in [5, 5.41) is 2.97. The number of rotatable bonds is 2. The third-order valence-electron chi connectivity index (χ3n) is 1.70. The van der Waals surface area contributed by atoms with E-state index in [9.17, 15) is 0 Å². The topological polar surface area (TPSA) is 50.7 Å². The summed E-state index contributed by atoms with van der Waals surface area (Å²) < 4.78 is 0. The third-order valence-corrected chi connectivity index (χ3v) is 1.70. The lowest BCUT2D eigenvalue weighted by molar-refractivity contribution is 1.20. The van der Waals surface area contributed by atoms with Crippen LogP contribution in [0.2, 0.25) is 0 Å². The van der Waals surface area contributed by atoms with Crippen LogP contribution in [0.25, 0.3) is 11.2 Å². The van der Waals surface area contributed by atoms with Crippen molar-refractivity contribution in [1.82, 2.24) is 15.0 Å². The number of hydrogen-bond acceptors (Lipinski definition) is 4. The summed E-state index contributed by atoms with van der Waals surface area (Å²) in [6.45, 7) is 0.457. The van der Waals surface area contributed by atoms with Gasteiger partial charge >= 0.3 is 0 Å². The lowest BCUT2D eigenvalue weighted by Gasteiger charge is -2.01. The Balaban J connectivity index is 2.37. The van der Waals surface area contributed by atoms with Gasteiger partial charge in [-0.3, -0.25) is 4.98 Å². The van der Waals surface area contributed by atoms with Crippen molar-refractivity contribution in [3.8, 4) is 12.3 Å². The minimum Gasteiger partial charge on any atom is -0.359 e. The fourth-order valence-electron chi connectivity index (χ4n) is 1.09. The third kappa shape index (κ3) is 1.62. The van der Waals surface area contributed by atoms with E-state index in [-0.39, 0.29) is 0 Å². The first-order valence-corrected chi connectivity index (χ1v) is 4.15. The van der Waals surface area contributed by atoms with Crippen LogP contribution in [-0.2, 0) is 0 Å². The van der Waals surface area contributed by atoms with Crippen molar-refractivity contribution in [2.45, 2.75) is 0 Å². The zero-order valence-electron chi connectivity index (χ0n) is 7.44. The molecule has 0 aliphatic rings. The molecule has 0 bridgehead atoms. The van der Waals surface area contributed by atoms with E-state index in [0.29, 0.717) is 12.2 Å². The fraction of sp³-hybridized carbons (Fsp3) is 0.100. The predicted molar refractivity (Wildman–Crippen MR) is 54.7 cm³/mol. The molecule has 0 aliphatic heterocycles. The average Bonchev–Trinajstić information content (AvgIpc) is 2.26. The summed E-state index contributed by atoms with van der Waals surface area (Å²) in [6, 6.07) is 3.68. The molecule has 2 aromatic heterocycles. The number of aromatic nitrogens is 3. The van der Waals surface area contributed by atoms with Crippen LogP contribution in [0.3, 0.4) is 0 Å². The number of terminal acetylenes is 1. The monoisotopic (exact) mass is 184 g/mol. The molecule has 1 N–H and O–H groups in total. The second-order valence-corrected chi connectivity index (χ2v) is 2.65. The molecule has 4 heteroatoms. The number of pyridine rings is 1. The average molecular weight is 184 g/mol. The quantitative estimate of drug-likeness (QED) is 0.709. The molecule has 68 valence electrons. The van der Waals surface area contributed by atoms with Crippen molar-refractivity contribution in [2.24, 2.45) is 0 Å². The van der Waals surface area contributed by atoms with Crippen molar-refractivity contribution >= 4 is 17.0 Å². The Labute approximate surface area is 81.4 Å². The van der Waals surface area contributed by atoms with Gasteiger partial charge in [0.1, 0.15) is 11.3 Å². The first-order valence-electron chi connectivity index (χ1n) is 4.15. The minimum absolute atomic E-state index is 0.457. The standard InChI is InChI=1S/C10H8N4/c1-2-5-12-9-4-3-8-10(14-9)13-7-6-11-8/h1,3-4,6-7H,5H2,(H,12,13,14). The Kier molecular flexibility index (Phi) is 2.24. The van der Waals surface area contributed by atoms with E-state index in [4.69, 9.17) is 6.42 Å². The Morgan fingerprint density at radius 1 is 1.29 bits per heavy atom. The molecule has 2 heterocycles. The van der Waals surface area contributed by atoms with Crippen LogP contribution in [0.5, 0.6) is 0 Å². The molecule has 0 saturated carbocycles. The molecule has 0 saturated heterocycles. The molecule has 4 nitrogen and oxygen atoms in total. The molecule has 0 aromatic carbocycles. The van der Waals surface area contributed by atoms with Gasteiger partial charge in [0.25, 0.3) is 0 Å². The molecule has 2 rings (SSSR count). The molecule has 0 unspecified atom stereocenters. The van der Waals surface area contributed by atoms with Crippen LogP contribution < -0.4 is 5.32 Å². The van der Waals surface area contributed by atoms with E-state index in [2.05, 4.69) is 26.2 Å². The van der Waals surface area contributed by atoms with Gasteiger partial charge in [0, 0.05) is 12.4 Å². The SMILES string of the molecule is C#CCNc1ccc2nccnc2n1. The summed E-state index contributed by atoms with van der Waals surface area (Å²) in [7, 11) is 0. The van der Waals surface area contributed by atoms with Crippen LogP contribution in [0.15, 0.2) is 24.5 Å². The van der Waals surface area contributed by atoms with Gasteiger partial charge in [-0.1, -0.05) is 5.92 Å². The highest BCUT2D eigenvalue weighted by Crippen LogP contribution is 2.09. The van der Waals surface area contributed by atoms with Gasteiger partial charge < -0.3 is 5.32 Å². The predicted octanol–water partition coefficient (Wildman–Crippen LogP) is 1.07. The van der Waals surface area contributed by atoms with Crippen LogP contribution in [0.1, 0.15) is 0 Å². The molecular weight excluding hydrogens is 176 g/mol. The Hall–Kier alpha value is -2.15. The fourth-order valence-corrected chi connectivity index (χ4v) is 1.09. The number of anilines is 1. The highest BCUT2D eigenvalue weighted by atomic mass is 15.0. The van der Waals surface area contributed by atoms with Gasteiger partial charge in [0.2, 0.25) is 0 Å². The normalized spacial score (nSPS) is 9.64. The molecule has 0 spiro atoms. The summed E-state index contributed by atoms with van der Waals surface area (Å²) in [5.41, 5.74) is 1.40. The molecule has 0 aliphatic carbocycles. The van der Waals surface area contributed by atoms with E-state index in [1.54, 1.807) is 12.4 Å². The molecule has 14 heavy (non-hydrogen) atoms. The van der Waals surface area contributed by atoms with Crippen LogP contribution in [0, 0.1) is 12.3 Å². The Bertz CT molecular complexity index is 487. The van der Waals surface area contributed by atoms with Crippen LogP contribution in [-0.4, -0.2) is 21.5 Å². The smallest absolute Gasteiger partial charge is 0.180 e. The lowest BCUT2D eigenvalue weighted by atomic mass is 10.4. The van der Waals surface area contributed by atoms with Crippen molar-refractivity contribution in [2.75, 3.05) is 11.9 Å². The first-order chi connectivity index (χ1) is 6.90. The maximum atomic E-state index is 5.12. The molecular formula is C10H8N4. The summed E-state index contributed by atoms with van der Waals surface area (Å²) >= 11 is 0. The first kappa shape index (κ1) is 8.45. The Morgan fingerprint density at radius 2 is 2.14 bits per heavy atom. The largest absolute Gasteiger partial charge is 0.359 e. The van der Waals surface area contributed by atoms with Crippen molar-refractivity contribution in [1.29, 1.82) is 0 Å².